The van der Waals surface area contributed by atoms with Crippen LogP contribution in [0.4, 0.5) is 5.95 Å². The van der Waals surface area contributed by atoms with Crippen LogP contribution in [0.3, 0.4) is 0 Å². The Hall–Kier alpha value is -1.70. The molecule has 2 fully saturated rings. The van der Waals surface area contributed by atoms with E-state index in [1.807, 2.05) is 6.20 Å². The zero-order valence-electron chi connectivity index (χ0n) is 18.2. The fourth-order valence-corrected chi connectivity index (χ4v) is 4.10. The summed E-state index contributed by atoms with van der Waals surface area (Å²) in [7, 11) is -0.388. The number of aliphatic hydroxyl groups is 1. The lowest BCUT2D eigenvalue weighted by molar-refractivity contribution is 0.00578. The van der Waals surface area contributed by atoms with Crippen LogP contribution in [0.2, 0.25) is 0 Å². The second-order valence-corrected chi connectivity index (χ2v) is 9.40. The summed E-state index contributed by atoms with van der Waals surface area (Å²) in [6.07, 6.45) is 6.16. The lowest BCUT2D eigenvalue weighted by Gasteiger charge is -2.32. The molecule has 1 saturated carbocycles. The highest BCUT2D eigenvalue weighted by Gasteiger charge is 2.51. The van der Waals surface area contributed by atoms with Crippen LogP contribution in [-0.4, -0.2) is 45.5 Å². The summed E-state index contributed by atoms with van der Waals surface area (Å²) in [5.41, 5.74) is 2.42. The van der Waals surface area contributed by atoms with E-state index in [1.165, 1.54) is 0 Å². The lowest BCUT2D eigenvalue weighted by atomic mass is 9.77. The van der Waals surface area contributed by atoms with Crippen molar-refractivity contribution in [2.24, 2.45) is 0 Å². The average Bonchev–Trinajstić information content (AvgIpc) is 2.90. The molecule has 4 rings (SSSR count). The van der Waals surface area contributed by atoms with Gasteiger partial charge >= 0.3 is 7.12 Å². The molecule has 1 aromatic heterocycles. The number of rotatable bonds is 4. The molecule has 6 nitrogen and oxygen atoms in total. The standard InChI is InChI=1S/C22H32BN3O3/c1-6-14-11-16(23-28-21(2,3)22(4,5)29-23)12-15-13-24-20(26-19(14)15)25-17-7-9-18(27)10-8-17/h11-13,17-18,27H,6-10H2,1-5H3,(H,24,25,26). The average molecular weight is 397 g/mol. The minimum Gasteiger partial charge on any atom is -0.399 e. The Morgan fingerprint density at radius 1 is 1.10 bits per heavy atom. The number of aryl methyl sites for hydroxylation is 1. The molecule has 0 amide bonds. The summed E-state index contributed by atoms with van der Waals surface area (Å²) in [4.78, 5) is 9.37. The van der Waals surface area contributed by atoms with Crippen LogP contribution in [0.1, 0.15) is 65.9 Å². The number of aliphatic hydroxyl groups excluding tert-OH is 1. The molecule has 2 aromatic rings. The molecule has 0 unspecified atom stereocenters. The Labute approximate surface area is 173 Å². The predicted octanol–water partition coefficient (Wildman–Crippen LogP) is 3.21. The topological polar surface area (TPSA) is 76.5 Å². The second kappa shape index (κ2) is 7.53. The summed E-state index contributed by atoms with van der Waals surface area (Å²) < 4.78 is 12.5. The van der Waals surface area contributed by atoms with E-state index in [9.17, 15) is 5.11 Å². The number of anilines is 1. The third kappa shape index (κ3) is 4.00. The smallest absolute Gasteiger partial charge is 0.399 e. The molecule has 2 N–H and O–H groups in total. The van der Waals surface area contributed by atoms with E-state index >= 15 is 0 Å². The van der Waals surface area contributed by atoms with Crippen LogP contribution in [-0.2, 0) is 15.7 Å². The number of nitrogens with one attached hydrogen (secondary N) is 1. The van der Waals surface area contributed by atoms with E-state index in [4.69, 9.17) is 14.3 Å². The van der Waals surface area contributed by atoms with E-state index in [0.29, 0.717) is 12.0 Å². The highest BCUT2D eigenvalue weighted by molar-refractivity contribution is 6.62. The van der Waals surface area contributed by atoms with E-state index in [0.717, 1.165) is 54.0 Å². The maximum Gasteiger partial charge on any atom is 0.494 e. The van der Waals surface area contributed by atoms with Gasteiger partial charge in [0.2, 0.25) is 5.95 Å². The van der Waals surface area contributed by atoms with Crippen molar-refractivity contribution in [2.75, 3.05) is 5.32 Å². The van der Waals surface area contributed by atoms with Gasteiger partial charge in [-0.1, -0.05) is 19.1 Å². The molecule has 156 valence electrons. The number of fused-ring (bicyclic) bond motifs is 1. The molecular formula is C22H32BN3O3. The summed E-state index contributed by atoms with van der Waals surface area (Å²) in [6, 6.07) is 4.56. The number of hydrogen-bond acceptors (Lipinski definition) is 6. The van der Waals surface area contributed by atoms with Crippen molar-refractivity contribution in [2.45, 2.75) is 90.1 Å². The van der Waals surface area contributed by atoms with E-state index in [2.05, 4.69) is 57.1 Å². The molecule has 2 heterocycles. The van der Waals surface area contributed by atoms with Crippen LogP contribution in [0, 0.1) is 0 Å². The molecule has 0 radical (unpaired) electrons. The molecule has 7 heteroatoms. The quantitative estimate of drug-likeness (QED) is 0.772. The van der Waals surface area contributed by atoms with Crippen LogP contribution < -0.4 is 10.8 Å². The highest BCUT2D eigenvalue weighted by atomic mass is 16.7. The predicted molar refractivity (Wildman–Crippen MR) is 117 cm³/mol. The van der Waals surface area contributed by atoms with Crippen molar-refractivity contribution < 1.29 is 14.4 Å². The first kappa shape index (κ1) is 20.6. The van der Waals surface area contributed by atoms with E-state index in [1.54, 1.807) is 0 Å². The third-order valence-corrected chi connectivity index (χ3v) is 6.72. The van der Waals surface area contributed by atoms with Gasteiger partial charge in [-0.15, -0.1) is 0 Å². The number of hydrogen-bond donors (Lipinski definition) is 2. The molecule has 1 aromatic carbocycles. The molecule has 2 aliphatic rings. The van der Waals surface area contributed by atoms with Crippen molar-refractivity contribution in [3.05, 3.63) is 23.9 Å². The molecule has 0 bridgehead atoms. The largest absolute Gasteiger partial charge is 0.494 e. The Balaban J connectivity index is 1.61. The molecule has 1 aliphatic carbocycles. The maximum absolute atomic E-state index is 9.70. The Morgan fingerprint density at radius 3 is 2.38 bits per heavy atom. The fraction of sp³-hybridized carbons (Fsp3) is 0.636. The minimum absolute atomic E-state index is 0.161. The van der Waals surface area contributed by atoms with Gasteiger partial charge in [0.1, 0.15) is 0 Å². The monoisotopic (exact) mass is 397 g/mol. The zero-order chi connectivity index (χ0) is 20.8. The zero-order valence-corrected chi connectivity index (χ0v) is 18.2. The normalized spacial score (nSPS) is 26.1. The van der Waals surface area contributed by atoms with Gasteiger partial charge in [0.05, 0.1) is 22.8 Å². The van der Waals surface area contributed by atoms with Crippen molar-refractivity contribution in [1.29, 1.82) is 0 Å². The first-order valence-electron chi connectivity index (χ1n) is 10.8. The highest BCUT2D eigenvalue weighted by Crippen LogP contribution is 2.36. The van der Waals surface area contributed by atoms with Gasteiger partial charge in [-0.3, -0.25) is 0 Å². The molecule has 29 heavy (non-hydrogen) atoms. The summed E-state index contributed by atoms with van der Waals surface area (Å²) in [5, 5.41) is 14.2. The van der Waals surface area contributed by atoms with Gasteiger partial charge < -0.3 is 19.7 Å². The van der Waals surface area contributed by atoms with E-state index < -0.39 is 0 Å². The van der Waals surface area contributed by atoms with Crippen LogP contribution in [0.25, 0.3) is 10.9 Å². The second-order valence-electron chi connectivity index (χ2n) is 9.40. The van der Waals surface area contributed by atoms with E-state index in [-0.39, 0.29) is 24.4 Å². The van der Waals surface area contributed by atoms with Gasteiger partial charge in [-0.05, 0) is 70.8 Å². The molecular weight excluding hydrogens is 365 g/mol. The van der Waals surface area contributed by atoms with Gasteiger partial charge in [-0.2, -0.15) is 0 Å². The lowest BCUT2D eigenvalue weighted by Crippen LogP contribution is -2.41. The Morgan fingerprint density at radius 2 is 1.76 bits per heavy atom. The first-order chi connectivity index (χ1) is 13.7. The summed E-state index contributed by atoms with van der Waals surface area (Å²) in [5.74, 6) is 0.664. The van der Waals surface area contributed by atoms with Crippen LogP contribution in [0.5, 0.6) is 0 Å². The third-order valence-electron chi connectivity index (χ3n) is 6.72. The molecule has 0 spiro atoms. The fourth-order valence-electron chi connectivity index (χ4n) is 4.10. The minimum atomic E-state index is -0.388. The van der Waals surface area contributed by atoms with Crippen molar-refractivity contribution in [3.63, 3.8) is 0 Å². The molecule has 0 atom stereocenters. The SMILES string of the molecule is CCc1cc(B2OC(C)(C)C(C)(C)O2)cc2cnc(NC3CCC(O)CC3)nc12. The number of aromatic nitrogens is 2. The van der Waals surface area contributed by atoms with Crippen LogP contribution >= 0.6 is 0 Å². The first-order valence-corrected chi connectivity index (χ1v) is 10.8. The van der Waals surface area contributed by atoms with Gasteiger partial charge in [0, 0.05) is 17.6 Å². The Bertz CT molecular complexity index is 878. The Kier molecular flexibility index (Phi) is 5.34. The van der Waals surface area contributed by atoms with Crippen molar-refractivity contribution >= 4 is 29.4 Å². The van der Waals surface area contributed by atoms with Gasteiger partial charge in [-0.25, -0.2) is 9.97 Å². The van der Waals surface area contributed by atoms with Crippen molar-refractivity contribution in [1.82, 2.24) is 9.97 Å². The maximum atomic E-state index is 9.70. The molecule has 1 aliphatic heterocycles. The summed E-state index contributed by atoms with van der Waals surface area (Å²) in [6.45, 7) is 10.4. The number of nitrogens with zero attached hydrogens (tertiary/aromatic N) is 2. The van der Waals surface area contributed by atoms with Gasteiger partial charge in [0.15, 0.2) is 0 Å². The van der Waals surface area contributed by atoms with Crippen LogP contribution in [0.15, 0.2) is 18.3 Å². The summed E-state index contributed by atoms with van der Waals surface area (Å²) >= 11 is 0. The molecule has 1 saturated heterocycles. The number of benzene rings is 1. The van der Waals surface area contributed by atoms with Crippen molar-refractivity contribution in [3.8, 4) is 0 Å². The van der Waals surface area contributed by atoms with Gasteiger partial charge in [0.25, 0.3) is 0 Å².